The van der Waals surface area contributed by atoms with Gasteiger partial charge in [-0.3, -0.25) is 14.5 Å². The lowest BCUT2D eigenvalue weighted by Gasteiger charge is -2.39. The molecular weight excluding hydrogens is 338 g/mol. The number of rotatable bonds is 4. The summed E-state index contributed by atoms with van der Waals surface area (Å²) in [5, 5.41) is 2.59. The van der Waals surface area contributed by atoms with Crippen molar-refractivity contribution in [1.82, 2.24) is 15.1 Å². The zero-order valence-corrected chi connectivity index (χ0v) is 15.2. The maximum absolute atomic E-state index is 11.8. The first-order valence-electron chi connectivity index (χ1n) is 9.33. The van der Waals surface area contributed by atoms with Gasteiger partial charge in [-0.2, -0.15) is 0 Å². The smallest absolute Gasteiger partial charge is 0.256 e. The minimum absolute atomic E-state index is 0.117. The molecule has 138 valence electrons. The second kappa shape index (κ2) is 7.76. The lowest BCUT2D eigenvalue weighted by atomic mass is 9.96. The van der Waals surface area contributed by atoms with E-state index in [2.05, 4.69) is 63.6 Å². The number of nitrogens with one attached hydrogen (secondary N) is 1. The van der Waals surface area contributed by atoms with Crippen LogP contribution in [0.25, 0.3) is 0 Å². The second-order valence-corrected chi connectivity index (χ2v) is 6.94. The fraction of sp³-hybridized carbons (Fsp3) is 0.273. The molecule has 5 heteroatoms. The van der Waals surface area contributed by atoms with E-state index in [1.54, 1.807) is 6.20 Å². The van der Waals surface area contributed by atoms with Crippen LogP contribution in [0.15, 0.2) is 72.4 Å². The van der Waals surface area contributed by atoms with E-state index in [4.69, 9.17) is 0 Å². The Labute approximate surface area is 159 Å². The van der Waals surface area contributed by atoms with Gasteiger partial charge in [0.25, 0.3) is 5.91 Å². The molecule has 27 heavy (non-hydrogen) atoms. The van der Waals surface area contributed by atoms with E-state index in [-0.39, 0.29) is 29.9 Å². The van der Waals surface area contributed by atoms with Crippen molar-refractivity contribution in [3.05, 3.63) is 83.6 Å². The average Bonchev–Trinajstić information content (AvgIpc) is 3.03. The van der Waals surface area contributed by atoms with Gasteiger partial charge in [-0.15, -0.1) is 0 Å². The minimum Gasteiger partial charge on any atom is -0.374 e. The lowest BCUT2D eigenvalue weighted by molar-refractivity contribution is -0.117. The molecule has 0 aliphatic carbocycles. The second-order valence-electron chi connectivity index (χ2n) is 6.94. The highest BCUT2D eigenvalue weighted by Gasteiger charge is 2.29. The van der Waals surface area contributed by atoms with Crippen molar-refractivity contribution < 1.29 is 9.59 Å². The Bertz CT molecular complexity index is 783. The molecule has 1 N–H and O–H groups in total. The normalized spacial score (nSPS) is 19.7. The molecule has 2 aromatic carbocycles. The Kier molecular flexibility index (Phi) is 5.03. The summed E-state index contributed by atoms with van der Waals surface area (Å²) in [4.78, 5) is 28.1. The topological polar surface area (TPSA) is 52.7 Å². The summed E-state index contributed by atoms with van der Waals surface area (Å²) in [6.45, 7) is 3.44. The van der Waals surface area contributed by atoms with Gasteiger partial charge < -0.3 is 10.2 Å². The van der Waals surface area contributed by atoms with Crippen molar-refractivity contribution >= 4 is 11.7 Å². The molecule has 2 aromatic rings. The summed E-state index contributed by atoms with van der Waals surface area (Å²) in [6.07, 6.45) is 1.74. The highest BCUT2D eigenvalue weighted by atomic mass is 16.2. The van der Waals surface area contributed by atoms with Crippen molar-refractivity contribution in [2.75, 3.05) is 32.7 Å². The average molecular weight is 361 g/mol. The van der Waals surface area contributed by atoms with Crippen LogP contribution in [0.5, 0.6) is 0 Å². The van der Waals surface area contributed by atoms with Gasteiger partial charge in [-0.1, -0.05) is 60.7 Å². The van der Waals surface area contributed by atoms with E-state index in [0.717, 1.165) is 26.2 Å². The van der Waals surface area contributed by atoms with Crippen LogP contribution in [-0.4, -0.2) is 54.2 Å². The highest BCUT2D eigenvalue weighted by molar-refractivity contribution is 6.24. The molecule has 0 bridgehead atoms. The molecule has 2 fully saturated rings. The third kappa shape index (κ3) is 3.78. The van der Waals surface area contributed by atoms with E-state index in [1.807, 2.05) is 12.1 Å². The maximum Gasteiger partial charge on any atom is 0.256 e. The van der Waals surface area contributed by atoms with Crippen LogP contribution in [0.1, 0.15) is 17.2 Å². The third-order valence-corrected chi connectivity index (χ3v) is 5.21. The van der Waals surface area contributed by atoms with Crippen molar-refractivity contribution in [2.24, 2.45) is 0 Å². The Morgan fingerprint density at radius 2 is 1.37 bits per heavy atom. The summed E-state index contributed by atoms with van der Waals surface area (Å²) in [6, 6.07) is 21.3. The van der Waals surface area contributed by atoms with Crippen molar-refractivity contribution in [1.29, 1.82) is 0 Å². The van der Waals surface area contributed by atoms with Crippen LogP contribution in [0.2, 0.25) is 0 Å². The number of hydrogen-bond acceptors (Lipinski definition) is 4. The zero-order chi connectivity index (χ0) is 18.6. The molecule has 2 aliphatic rings. The van der Waals surface area contributed by atoms with Gasteiger partial charge in [0.2, 0.25) is 0 Å². The Morgan fingerprint density at radius 1 is 0.815 bits per heavy atom. The number of hydrogen-bond donors (Lipinski definition) is 1. The van der Waals surface area contributed by atoms with E-state index in [0.29, 0.717) is 0 Å². The number of carbonyl (C=O) groups excluding carboxylic acids is 2. The minimum atomic E-state index is -0.256. The molecule has 2 aliphatic heterocycles. The van der Waals surface area contributed by atoms with Gasteiger partial charge in [0.15, 0.2) is 5.78 Å². The summed E-state index contributed by atoms with van der Waals surface area (Å²) >= 11 is 0. The van der Waals surface area contributed by atoms with Gasteiger partial charge in [0, 0.05) is 32.4 Å². The van der Waals surface area contributed by atoms with Gasteiger partial charge in [-0.05, 0) is 11.1 Å². The highest BCUT2D eigenvalue weighted by Crippen LogP contribution is 2.29. The predicted molar refractivity (Wildman–Crippen MR) is 104 cm³/mol. The van der Waals surface area contributed by atoms with Gasteiger partial charge in [-0.25, -0.2) is 0 Å². The fourth-order valence-corrected chi connectivity index (χ4v) is 3.80. The molecule has 2 saturated heterocycles. The van der Waals surface area contributed by atoms with Crippen LogP contribution in [0, 0.1) is 0 Å². The molecular formula is C22H23N3O2. The first-order valence-corrected chi connectivity index (χ1v) is 9.33. The molecule has 0 spiro atoms. The summed E-state index contributed by atoms with van der Waals surface area (Å²) in [7, 11) is 0. The summed E-state index contributed by atoms with van der Waals surface area (Å²) in [5.41, 5.74) is 2.84. The maximum atomic E-state index is 11.8. The largest absolute Gasteiger partial charge is 0.374 e. The number of benzene rings is 2. The molecule has 0 saturated carbocycles. The van der Waals surface area contributed by atoms with Crippen molar-refractivity contribution in [3.63, 3.8) is 0 Å². The van der Waals surface area contributed by atoms with E-state index >= 15 is 0 Å². The molecule has 1 amide bonds. The molecule has 2 heterocycles. The molecule has 0 aromatic heterocycles. The molecule has 0 radical (unpaired) electrons. The zero-order valence-electron chi connectivity index (χ0n) is 15.2. The van der Waals surface area contributed by atoms with Gasteiger partial charge >= 0.3 is 0 Å². The lowest BCUT2D eigenvalue weighted by Crippen LogP contribution is -2.46. The van der Waals surface area contributed by atoms with E-state index in [1.165, 1.54) is 11.1 Å². The number of carbonyl (C=O) groups is 2. The summed E-state index contributed by atoms with van der Waals surface area (Å²) in [5.74, 6) is -0.372. The number of piperazine rings is 1. The van der Waals surface area contributed by atoms with Crippen LogP contribution >= 0.6 is 0 Å². The monoisotopic (exact) mass is 361 g/mol. The van der Waals surface area contributed by atoms with Gasteiger partial charge in [0.05, 0.1) is 12.6 Å². The fourth-order valence-electron chi connectivity index (χ4n) is 3.80. The number of Topliss-reactive ketones (excluding diaryl/α,β-unsaturated/α-hetero) is 1. The van der Waals surface area contributed by atoms with Crippen molar-refractivity contribution in [2.45, 2.75) is 6.04 Å². The molecule has 0 atom stereocenters. The van der Waals surface area contributed by atoms with Crippen LogP contribution in [0.3, 0.4) is 0 Å². The molecule has 0 unspecified atom stereocenters. The van der Waals surface area contributed by atoms with Gasteiger partial charge in [0.1, 0.15) is 5.57 Å². The van der Waals surface area contributed by atoms with E-state index < -0.39 is 0 Å². The standard InChI is InChI=1S/C22H23N3O2/c26-20-15-23-22(27)19(20)16-24-11-13-25(14-12-24)21(17-7-3-1-4-8-17)18-9-5-2-6-10-18/h1-10,16,21H,11-15H2,(H,23,27). The SMILES string of the molecule is O=C1CNC(=O)C1=CN1CCN(C(c2ccccc2)c2ccccc2)CC1. The Morgan fingerprint density at radius 3 is 1.85 bits per heavy atom. The number of amides is 1. The Balaban J connectivity index is 1.52. The van der Waals surface area contributed by atoms with Crippen LogP contribution in [0.4, 0.5) is 0 Å². The first-order chi connectivity index (χ1) is 13.2. The Hall–Kier alpha value is -2.92. The van der Waals surface area contributed by atoms with Crippen LogP contribution in [-0.2, 0) is 9.59 Å². The number of nitrogens with zero attached hydrogens (tertiary/aromatic N) is 2. The third-order valence-electron chi connectivity index (χ3n) is 5.21. The summed E-state index contributed by atoms with van der Waals surface area (Å²) < 4.78 is 0. The quantitative estimate of drug-likeness (QED) is 0.668. The molecule has 5 nitrogen and oxygen atoms in total. The number of ketones is 1. The predicted octanol–water partition coefficient (Wildman–Crippen LogP) is 1.98. The molecule has 4 rings (SSSR count). The van der Waals surface area contributed by atoms with E-state index in [9.17, 15) is 9.59 Å². The first kappa shape index (κ1) is 17.5. The van der Waals surface area contributed by atoms with Crippen molar-refractivity contribution in [3.8, 4) is 0 Å². The van der Waals surface area contributed by atoms with Crippen LogP contribution < -0.4 is 5.32 Å².